The zero-order valence-electron chi connectivity index (χ0n) is 12.4. The summed E-state index contributed by atoms with van der Waals surface area (Å²) in [6.45, 7) is 1.66. The molecule has 2 fully saturated rings. The zero-order chi connectivity index (χ0) is 14.6. The normalized spacial score (nSPS) is 30.8. The number of Topliss-reactive ketones (excluding diaryl/α,β-unsaturated/α-hetero) is 1. The molecule has 0 spiro atoms. The largest absolute Gasteiger partial charge is 0.304 e. The summed E-state index contributed by atoms with van der Waals surface area (Å²) in [7, 11) is -2.94. The molecule has 1 aliphatic heterocycles. The summed E-state index contributed by atoms with van der Waals surface area (Å²) in [4.78, 5) is 12.2. The summed E-state index contributed by atoms with van der Waals surface area (Å²) >= 11 is 0. The lowest BCUT2D eigenvalue weighted by Gasteiger charge is -2.40. The minimum Gasteiger partial charge on any atom is -0.304 e. The first kappa shape index (κ1) is 16.0. The predicted molar refractivity (Wildman–Crippen MR) is 80.5 cm³/mol. The Bertz CT molecular complexity index is 432. The Morgan fingerprint density at radius 1 is 1.15 bits per heavy atom. The molecule has 5 heteroatoms. The summed E-state index contributed by atoms with van der Waals surface area (Å²) < 4.78 is 22.8. The fourth-order valence-corrected chi connectivity index (χ4v) is 4.41. The number of carbonyl (C=O) groups is 1. The number of hydrogen-bond acceptors (Lipinski definition) is 4. The maximum atomic E-state index is 12.2. The van der Waals surface area contributed by atoms with Gasteiger partial charge in [0.25, 0.3) is 0 Å². The second kappa shape index (κ2) is 7.03. The minimum atomic E-state index is -2.94. The molecule has 1 N–H and O–H groups in total. The molecule has 1 saturated carbocycles. The van der Waals surface area contributed by atoms with E-state index in [1.54, 1.807) is 6.92 Å². The molecule has 1 saturated heterocycles. The molecule has 116 valence electrons. The quantitative estimate of drug-likeness (QED) is 0.816. The molecular formula is C15H27NO3S. The highest BCUT2D eigenvalue weighted by Gasteiger charge is 2.33. The summed E-state index contributed by atoms with van der Waals surface area (Å²) in [6.07, 6.45) is 8.05. The topological polar surface area (TPSA) is 63.2 Å². The average Bonchev–Trinajstić information content (AvgIpc) is 2.46. The number of nitrogens with one attached hydrogen (secondary N) is 1. The Morgan fingerprint density at radius 3 is 2.65 bits per heavy atom. The Balaban J connectivity index is 1.76. The van der Waals surface area contributed by atoms with Gasteiger partial charge in [-0.2, -0.15) is 0 Å². The van der Waals surface area contributed by atoms with Crippen molar-refractivity contribution in [3.8, 4) is 0 Å². The molecule has 4 nitrogen and oxygen atoms in total. The second-order valence-electron chi connectivity index (χ2n) is 6.25. The van der Waals surface area contributed by atoms with Crippen molar-refractivity contribution in [1.82, 2.24) is 5.32 Å². The molecule has 3 atom stereocenters. The van der Waals surface area contributed by atoms with Crippen LogP contribution in [0.4, 0.5) is 0 Å². The van der Waals surface area contributed by atoms with Gasteiger partial charge in [-0.25, -0.2) is 8.42 Å². The lowest BCUT2D eigenvalue weighted by Crippen LogP contribution is -2.52. The lowest BCUT2D eigenvalue weighted by atomic mass is 9.77. The van der Waals surface area contributed by atoms with E-state index in [-0.39, 0.29) is 23.3 Å². The molecular weight excluding hydrogens is 274 g/mol. The Kier molecular flexibility index (Phi) is 5.61. The van der Waals surface area contributed by atoms with Crippen molar-refractivity contribution < 1.29 is 13.2 Å². The van der Waals surface area contributed by atoms with Gasteiger partial charge in [-0.3, -0.25) is 4.79 Å². The molecule has 0 amide bonds. The first-order valence-electron chi connectivity index (χ1n) is 8.01. The van der Waals surface area contributed by atoms with Crippen LogP contribution >= 0.6 is 0 Å². The number of hydrogen-bond donors (Lipinski definition) is 1. The van der Waals surface area contributed by atoms with Crippen LogP contribution in [0.1, 0.15) is 58.3 Å². The van der Waals surface area contributed by atoms with Crippen LogP contribution in [-0.4, -0.2) is 37.8 Å². The molecule has 0 aromatic rings. The number of fused-ring (bicyclic) bond motifs is 1. The van der Waals surface area contributed by atoms with E-state index in [0.29, 0.717) is 18.9 Å². The van der Waals surface area contributed by atoms with Crippen LogP contribution in [0, 0.1) is 5.92 Å². The van der Waals surface area contributed by atoms with E-state index >= 15 is 0 Å². The van der Waals surface area contributed by atoms with Gasteiger partial charge in [-0.1, -0.05) is 19.8 Å². The van der Waals surface area contributed by atoms with E-state index < -0.39 is 9.84 Å². The van der Waals surface area contributed by atoms with Gasteiger partial charge in [0.2, 0.25) is 0 Å². The van der Waals surface area contributed by atoms with Gasteiger partial charge in [-0.05, 0) is 38.0 Å². The molecule has 20 heavy (non-hydrogen) atoms. The first-order valence-corrected chi connectivity index (χ1v) is 9.83. The molecule has 0 bridgehead atoms. The number of sulfone groups is 1. The third-order valence-corrected chi connectivity index (χ3v) is 6.65. The summed E-state index contributed by atoms with van der Waals surface area (Å²) in [6, 6.07) is 0.490. The molecule has 3 unspecified atom stereocenters. The Hall–Kier alpha value is -0.420. The van der Waals surface area contributed by atoms with Crippen LogP contribution in [0.15, 0.2) is 0 Å². The highest BCUT2D eigenvalue weighted by atomic mass is 32.2. The van der Waals surface area contributed by atoms with E-state index in [1.807, 2.05) is 0 Å². The zero-order valence-corrected chi connectivity index (χ0v) is 13.3. The van der Waals surface area contributed by atoms with E-state index in [9.17, 15) is 13.2 Å². The first-order chi connectivity index (χ1) is 9.52. The molecule has 1 heterocycles. The lowest BCUT2D eigenvalue weighted by molar-refractivity contribution is -0.122. The van der Waals surface area contributed by atoms with Gasteiger partial charge in [0.15, 0.2) is 0 Å². The molecule has 0 aromatic heterocycles. The van der Waals surface area contributed by atoms with Crippen molar-refractivity contribution in [2.24, 2.45) is 5.92 Å². The number of ketones is 1. The van der Waals surface area contributed by atoms with Crippen molar-refractivity contribution >= 4 is 15.6 Å². The van der Waals surface area contributed by atoms with Gasteiger partial charge in [0.05, 0.1) is 11.8 Å². The third kappa shape index (κ3) is 4.29. The van der Waals surface area contributed by atoms with Crippen molar-refractivity contribution in [3.63, 3.8) is 0 Å². The van der Waals surface area contributed by atoms with Gasteiger partial charge < -0.3 is 5.32 Å². The molecule has 0 radical (unpaired) electrons. The van der Waals surface area contributed by atoms with Crippen LogP contribution in [0.25, 0.3) is 0 Å². The van der Waals surface area contributed by atoms with Gasteiger partial charge >= 0.3 is 0 Å². The molecule has 1 aliphatic carbocycles. The van der Waals surface area contributed by atoms with E-state index in [1.165, 1.54) is 25.7 Å². The Labute approximate surface area is 122 Å². The van der Waals surface area contributed by atoms with E-state index in [0.717, 1.165) is 18.8 Å². The van der Waals surface area contributed by atoms with Crippen LogP contribution < -0.4 is 5.32 Å². The van der Waals surface area contributed by atoms with Gasteiger partial charge in [-0.15, -0.1) is 0 Å². The highest BCUT2D eigenvalue weighted by molar-refractivity contribution is 7.91. The summed E-state index contributed by atoms with van der Waals surface area (Å²) in [5, 5.41) is 3.52. The fraction of sp³-hybridized carbons (Fsp3) is 0.933. The van der Waals surface area contributed by atoms with Crippen molar-refractivity contribution in [2.45, 2.75) is 70.4 Å². The van der Waals surface area contributed by atoms with Crippen molar-refractivity contribution in [1.29, 1.82) is 0 Å². The number of piperidine rings is 1. The maximum absolute atomic E-state index is 12.2. The van der Waals surface area contributed by atoms with Crippen LogP contribution in [0.5, 0.6) is 0 Å². The fourth-order valence-electron chi connectivity index (χ4n) is 3.53. The second-order valence-corrected chi connectivity index (χ2v) is 8.73. The molecule has 2 aliphatic rings. The van der Waals surface area contributed by atoms with Gasteiger partial charge in [0, 0.05) is 18.2 Å². The SMILES string of the molecule is CCS(=O)(=O)CCCC(=O)C1CCC2CCCCC2N1. The van der Waals surface area contributed by atoms with Crippen LogP contribution in [-0.2, 0) is 14.6 Å². The van der Waals surface area contributed by atoms with Crippen LogP contribution in [0.3, 0.4) is 0 Å². The Morgan fingerprint density at radius 2 is 1.90 bits per heavy atom. The molecule has 0 aromatic carbocycles. The molecule has 2 rings (SSSR count). The van der Waals surface area contributed by atoms with E-state index in [2.05, 4.69) is 5.32 Å². The monoisotopic (exact) mass is 301 g/mol. The smallest absolute Gasteiger partial charge is 0.150 e. The predicted octanol–water partition coefficient (Wildman–Crippen LogP) is 2.08. The number of carbonyl (C=O) groups excluding carboxylic acids is 1. The van der Waals surface area contributed by atoms with Crippen LogP contribution in [0.2, 0.25) is 0 Å². The van der Waals surface area contributed by atoms with Crippen molar-refractivity contribution in [3.05, 3.63) is 0 Å². The van der Waals surface area contributed by atoms with Crippen molar-refractivity contribution in [2.75, 3.05) is 11.5 Å². The summed E-state index contributed by atoms with van der Waals surface area (Å²) in [5.41, 5.74) is 0. The maximum Gasteiger partial charge on any atom is 0.150 e. The number of rotatable bonds is 6. The van der Waals surface area contributed by atoms with Gasteiger partial charge in [0.1, 0.15) is 15.6 Å². The third-order valence-electron chi connectivity index (χ3n) is 4.86. The average molecular weight is 301 g/mol. The summed E-state index contributed by atoms with van der Waals surface area (Å²) in [5.74, 6) is 1.29. The van der Waals surface area contributed by atoms with E-state index in [4.69, 9.17) is 0 Å². The minimum absolute atomic E-state index is 0.0290. The highest BCUT2D eigenvalue weighted by Crippen LogP contribution is 2.32. The standard InChI is InChI=1S/C15H27NO3S/c1-2-20(18,19)11-5-8-15(17)14-10-9-12-6-3-4-7-13(12)16-14/h12-14,16H,2-11H2,1H3.